The van der Waals surface area contributed by atoms with E-state index in [2.05, 4.69) is 15.3 Å². The first-order valence-electron chi connectivity index (χ1n) is 10.0. The Hall–Kier alpha value is -3.49. The molecule has 0 spiro atoms. The van der Waals surface area contributed by atoms with Gasteiger partial charge in [0.25, 0.3) is 5.56 Å². The van der Waals surface area contributed by atoms with Gasteiger partial charge in [0, 0.05) is 23.0 Å². The van der Waals surface area contributed by atoms with Crippen molar-refractivity contribution in [2.24, 2.45) is 0 Å². The maximum absolute atomic E-state index is 13.3. The van der Waals surface area contributed by atoms with E-state index in [1.807, 2.05) is 73.0 Å². The number of thioether (sulfide) groups is 1. The maximum Gasteiger partial charge on any atom is 0.267 e. The van der Waals surface area contributed by atoms with Crippen molar-refractivity contribution in [3.63, 3.8) is 0 Å². The predicted octanol–water partition coefficient (Wildman–Crippen LogP) is 5.58. The van der Waals surface area contributed by atoms with Crippen LogP contribution in [-0.2, 0) is 5.75 Å². The van der Waals surface area contributed by atoms with Crippen molar-refractivity contribution in [3.05, 3.63) is 99.9 Å². The first-order chi connectivity index (χ1) is 15.7. The van der Waals surface area contributed by atoms with Crippen molar-refractivity contribution < 1.29 is 0 Å². The summed E-state index contributed by atoms with van der Waals surface area (Å²) in [5.74, 6) is 1.16. The number of fused-ring (bicyclic) bond motifs is 1. The molecule has 5 aromatic rings. The van der Waals surface area contributed by atoms with Crippen LogP contribution < -0.4 is 10.9 Å². The van der Waals surface area contributed by atoms with Gasteiger partial charge in [0.2, 0.25) is 0 Å². The van der Waals surface area contributed by atoms with E-state index < -0.39 is 0 Å². The molecule has 0 saturated heterocycles. The van der Waals surface area contributed by atoms with Crippen LogP contribution in [0.5, 0.6) is 0 Å². The first-order valence-corrected chi connectivity index (χ1v) is 11.9. The van der Waals surface area contributed by atoms with Crippen molar-refractivity contribution in [3.8, 4) is 5.82 Å². The summed E-state index contributed by atoms with van der Waals surface area (Å²) in [7, 11) is 0. The predicted molar refractivity (Wildman–Crippen MR) is 131 cm³/mol. The van der Waals surface area contributed by atoms with E-state index in [1.165, 1.54) is 11.8 Å². The molecular weight excluding hydrogens is 438 g/mol. The molecule has 3 aromatic heterocycles. The second-order valence-corrected chi connectivity index (χ2v) is 8.97. The van der Waals surface area contributed by atoms with Gasteiger partial charge in [-0.25, -0.2) is 19.5 Å². The third-order valence-electron chi connectivity index (χ3n) is 4.80. The third-order valence-corrected chi connectivity index (χ3v) is 6.58. The number of pyridine rings is 1. The lowest BCUT2D eigenvalue weighted by Crippen LogP contribution is -2.22. The van der Waals surface area contributed by atoms with Crippen molar-refractivity contribution in [1.29, 1.82) is 0 Å². The van der Waals surface area contributed by atoms with Crippen molar-refractivity contribution in [1.82, 2.24) is 19.5 Å². The summed E-state index contributed by atoms with van der Waals surface area (Å²) in [4.78, 5) is 27.2. The summed E-state index contributed by atoms with van der Waals surface area (Å²) in [5.41, 5.74) is 3.50. The largest absolute Gasteiger partial charge is 0.332 e. The van der Waals surface area contributed by atoms with Gasteiger partial charge in [0.05, 0.1) is 16.6 Å². The lowest BCUT2D eigenvalue weighted by Gasteiger charge is -2.12. The van der Waals surface area contributed by atoms with Gasteiger partial charge >= 0.3 is 0 Å². The fourth-order valence-electron chi connectivity index (χ4n) is 3.27. The molecule has 0 radical (unpaired) electrons. The molecule has 5 rings (SSSR count). The second-order valence-electron chi connectivity index (χ2n) is 7.17. The summed E-state index contributed by atoms with van der Waals surface area (Å²) in [6.07, 6.45) is 1.71. The SMILES string of the molecule is Cc1ccnc(-n2c(SCc3csc(Nc4ccccc4)n3)nc3ccccc3c2=O)c1. The minimum Gasteiger partial charge on any atom is -0.332 e. The van der Waals surface area contributed by atoms with E-state index in [-0.39, 0.29) is 5.56 Å². The molecule has 3 heterocycles. The number of aryl methyl sites for hydroxylation is 1. The molecular formula is C24H19N5OS2. The summed E-state index contributed by atoms with van der Waals surface area (Å²) in [6, 6.07) is 21.2. The van der Waals surface area contributed by atoms with Gasteiger partial charge < -0.3 is 5.32 Å². The average molecular weight is 458 g/mol. The van der Waals surface area contributed by atoms with Gasteiger partial charge in [0.15, 0.2) is 10.3 Å². The number of nitrogens with zero attached hydrogens (tertiary/aromatic N) is 4. The molecule has 0 amide bonds. The number of nitrogens with one attached hydrogen (secondary N) is 1. The lowest BCUT2D eigenvalue weighted by atomic mass is 10.2. The van der Waals surface area contributed by atoms with Crippen molar-refractivity contribution in [2.45, 2.75) is 17.8 Å². The van der Waals surface area contributed by atoms with Crippen LogP contribution in [-0.4, -0.2) is 19.5 Å². The molecule has 0 atom stereocenters. The van der Waals surface area contributed by atoms with Gasteiger partial charge in [-0.1, -0.05) is 42.1 Å². The maximum atomic E-state index is 13.3. The number of benzene rings is 2. The molecule has 6 nitrogen and oxygen atoms in total. The fourth-order valence-corrected chi connectivity index (χ4v) is 5.00. The highest BCUT2D eigenvalue weighted by atomic mass is 32.2. The molecule has 0 aliphatic rings. The highest BCUT2D eigenvalue weighted by Gasteiger charge is 2.15. The van der Waals surface area contributed by atoms with E-state index >= 15 is 0 Å². The van der Waals surface area contributed by atoms with E-state index in [9.17, 15) is 4.79 Å². The Bertz CT molecular complexity index is 1450. The van der Waals surface area contributed by atoms with Gasteiger partial charge in [0.1, 0.15) is 5.82 Å². The van der Waals surface area contributed by atoms with E-state index in [0.29, 0.717) is 27.6 Å². The molecule has 0 aliphatic carbocycles. The Balaban J connectivity index is 1.46. The number of anilines is 2. The van der Waals surface area contributed by atoms with Crippen LogP contribution >= 0.6 is 23.1 Å². The summed E-state index contributed by atoms with van der Waals surface area (Å²) < 4.78 is 1.59. The van der Waals surface area contributed by atoms with Crippen LogP contribution in [0.1, 0.15) is 11.3 Å². The smallest absolute Gasteiger partial charge is 0.267 e. The molecule has 0 aliphatic heterocycles. The molecule has 158 valence electrons. The number of rotatable bonds is 6. The third kappa shape index (κ3) is 4.28. The van der Waals surface area contributed by atoms with E-state index in [1.54, 1.807) is 28.2 Å². The fraction of sp³-hybridized carbons (Fsp3) is 0.0833. The zero-order valence-corrected chi connectivity index (χ0v) is 18.9. The summed E-state index contributed by atoms with van der Waals surface area (Å²) >= 11 is 3.03. The van der Waals surface area contributed by atoms with Gasteiger partial charge in [-0.3, -0.25) is 4.79 Å². The molecule has 0 unspecified atom stereocenters. The van der Waals surface area contributed by atoms with E-state index in [4.69, 9.17) is 4.98 Å². The van der Waals surface area contributed by atoms with Gasteiger partial charge in [-0.2, -0.15) is 0 Å². The molecule has 32 heavy (non-hydrogen) atoms. The number of aromatic nitrogens is 4. The summed E-state index contributed by atoms with van der Waals surface area (Å²) in [6.45, 7) is 1.98. The monoisotopic (exact) mass is 457 g/mol. The normalized spacial score (nSPS) is 11.0. The topological polar surface area (TPSA) is 72.7 Å². The Labute approximate surface area is 193 Å². The standard InChI is InChI=1S/C24H19N5OS2/c1-16-11-12-25-21(13-16)29-22(30)19-9-5-6-10-20(19)28-24(29)32-15-18-14-31-23(27-18)26-17-7-3-2-4-8-17/h2-14H,15H2,1H3,(H,26,27). The Morgan fingerprint density at radius 2 is 1.84 bits per heavy atom. The highest BCUT2D eigenvalue weighted by molar-refractivity contribution is 7.98. The van der Waals surface area contributed by atoms with Gasteiger partial charge in [-0.15, -0.1) is 11.3 Å². The Kier molecular flexibility index (Phi) is 5.70. The molecule has 0 bridgehead atoms. The van der Waals surface area contributed by atoms with Crippen LogP contribution in [0.2, 0.25) is 0 Å². The Morgan fingerprint density at radius 3 is 2.69 bits per heavy atom. The molecule has 1 N–H and O–H groups in total. The first kappa shape index (κ1) is 20.4. The number of hydrogen-bond acceptors (Lipinski definition) is 7. The molecule has 0 fully saturated rings. The minimum absolute atomic E-state index is 0.124. The number of thiazole rings is 1. The van der Waals surface area contributed by atoms with Crippen LogP contribution in [0, 0.1) is 6.92 Å². The number of hydrogen-bond donors (Lipinski definition) is 1. The van der Waals surface area contributed by atoms with Crippen LogP contribution in [0.3, 0.4) is 0 Å². The minimum atomic E-state index is -0.124. The quantitative estimate of drug-likeness (QED) is 0.265. The van der Waals surface area contributed by atoms with Crippen LogP contribution in [0.15, 0.2) is 88.3 Å². The molecule has 0 saturated carbocycles. The lowest BCUT2D eigenvalue weighted by molar-refractivity contribution is 0.794. The average Bonchev–Trinajstić information content (AvgIpc) is 3.26. The molecule has 2 aromatic carbocycles. The van der Waals surface area contributed by atoms with Crippen LogP contribution in [0.25, 0.3) is 16.7 Å². The number of para-hydroxylation sites is 2. The van der Waals surface area contributed by atoms with Crippen molar-refractivity contribution in [2.75, 3.05) is 5.32 Å². The zero-order chi connectivity index (χ0) is 21.9. The molecule has 8 heteroatoms. The summed E-state index contributed by atoms with van der Waals surface area (Å²) in [5, 5.41) is 7.33. The van der Waals surface area contributed by atoms with Crippen molar-refractivity contribution >= 4 is 44.8 Å². The zero-order valence-electron chi connectivity index (χ0n) is 17.2. The highest BCUT2D eigenvalue weighted by Crippen LogP contribution is 2.27. The second kappa shape index (κ2) is 8.94. The van der Waals surface area contributed by atoms with Gasteiger partial charge in [-0.05, 0) is 48.9 Å². The van der Waals surface area contributed by atoms with E-state index in [0.717, 1.165) is 22.1 Å². The Morgan fingerprint density at radius 1 is 1.03 bits per heavy atom. The van der Waals surface area contributed by atoms with Crippen LogP contribution in [0.4, 0.5) is 10.8 Å².